The molecular weight excluding hydrogens is 595 g/mol. The van der Waals surface area contributed by atoms with Gasteiger partial charge in [-0.1, -0.05) is 28.6 Å². The summed E-state index contributed by atoms with van der Waals surface area (Å²) >= 11 is 1.61. The van der Waals surface area contributed by atoms with Crippen LogP contribution in [0.15, 0.2) is 40.9 Å². The van der Waals surface area contributed by atoms with Gasteiger partial charge in [-0.25, -0.2) is 9.78 Å². The predicted molar refractivity (Wildman–Crippen MR) is 156 cm³/mol. The van der Waals surface area contributed by atoms with Crippen LogP contribution in [0, 0.1) is 12.8 Å². The lowest BCUT2D eigenvalue weighted by atomic mass is 9.64. The van der Waals surface area contributed by atoms with E-state index in [1.54, 1.807) is 23.5 Å². The topological polar surface area (TPSA) is 86.7 Å². The average Bonchev–Trinajstić information content (AvgIpc) is 3.85. The van der Waals surface area contributed by atoms with Crippen LogP contribution in [0.5, 0.6) is 5.75 Å². The fourth-order valence-corrected chi connectivity index (χ4v) is 8.71. The van der Waals surface area contributed by atoms with Crippen LogP contribution in [0.4, 0.5) is 18.3 Å². The molecule has 4 aromatic rings. The van der Waals surface area contributed by atoms with Gasteiger partial charge in [0, 0.05) is 17.0 Å². The van der Waals surface area contributed by atoms with Crippen LogP contribution in [0.3, 0.4) is 0 Å². The molecule has 3 heterocycles. The summed E-state index contributed by atoms with van der Waals surface area (Å²) in [4.78, 5) is 19.6. The predicted octanol–water partition coefficient (Wildman–Crippen LogP) is 7.54. The molecular formula is C32H30F3N3O5S. The van der Waals surface area contributed by atoms with Gasteiger partial charge in [0.25, 0.3) is 0 Å². The second-order valence-corrected chi connectivity index (χ2v) is 13.3. The zero-order chi connectivity index (χ0) is 30.4. The number of anilines is 1. The molecule has 3 aliphatic carbocycles. The third kappa shape index (κ3) is 4.48. The van der Waals surface area contributed by atoms with Gasteiger partial charge in [-0.15, -0.1) is 13.2 Å². The maximum absolute atomic E-state index is 13.2. The molecule has 0 radical (unpaired) electrons. The first-order chi connectivity index (χ1) is 21.2. The lowest BCUT2D eigenvalue weighted by Gasteiger charge is -2.42. The minimum Gasteiger partial charge on any atom is -0.465 e. The van der Waals surface area contributed by atoms with Crippen molar-refractivity contribution in [2.45, 2.75) is 82.0 Å². The maximum atomic E-state index is 13.2. The Morgan fingerprint density at radius 2 is 2.00 bits per heavy atom. The van der Waals surface area contributed by atoms with Crippen molar-refractivity contribution in [1.29, 1.82) is 0 Å². The summed E-state index contributed by atoms with van der Waals surface area (Å²) in [5, 5.41) is 5.19. The van der Waals surface area contributed by atoms with Crippen molar-refractivity contribution in [3.05, 3.63) is 58.8 Å². The lowest BCUT2D eigenvalue weighted by molar-refractivity contribution is -0.274. The molecule has 1 spiro atoms. The number of alkyl halides is 3. The molecule has 12 heteroatoms. The summed E-state index contributed by atoms with van der Waals surface area (Å²) in [7, 11) is 1.38. The zero-order valence-corrected chi connectivity index (χ0v) is 25.0. The molecule has 1 aliphatic heterocycles. The van der Waals surface area contributed by atoms with Crippen LogP contribution < -0.4 is 9.64 Å². The van der Waals surface area contributed by atoms with Crippen molar-refractivity contribution in [3.63, 3.8) is 0 Å². The molecule has 230 valence electrons. The number of hydrogen-bond acceptors (Lipinski definition) is 9. The van der Waals surface area contributed by atoms with E-state index in [0.717, 1.165) is 59.4 Å². The standard InChI is InChI=1S/C32H30F3N3O5S/c1-16-11-18(29(39)40-2)12-24-26(16)36-30(44-24)38-25-14-20(13-19-9-10-31(19,25)38)41-15-22-27(37-43-28(22)17-7-8-17)21-5-3-4-6-23(21)42-32(33,34)35/h3-6,11-12,17,19-20,25H,7-10,13-15H2,1-2H3/t19-,20-,25?,31-,38?/m0/s1. The Morgan fingerprint density at radius 1 is 1.18 bits per heavy atom. The first-order valence-electron chi connectivity index (χ1n) is 14.9. The van der Waals surface area contributed by atoms with E-state index in [4.69, 9.17) is 19.0 Å². The number of aromatic nitrogens is 2. The van der Waals surface area contributed by atoms with Gasteiger partial charge in [0.2, 0.25) is 0 Å². The van der Waals surface area contributed by atoms with Gasteiger partial charge in [0.1, 0.15) is 17.2 Å². The number of ether oxygens (including phenoxy) is 3. The molecule has 8 rings (SSSR count). The summed E-state index contributed by atoms with van der Waals surface area (Å²) in [6, 6.07) is 10.0. The molecule has 44 heavy (non-hydrogen) atoms. The van der Waals surface area contributed by atoms with Crippen LogP contribution in [-0.2, 0) is 16.1 Å². The molecule has 3 saturated carbocycles. The fourth-order valence-electron chi connectivity index (χ4n) is 7.49. The Kier molecular flexibility index (Phi) is 6.29. The van der Waals surface area contributed by atoms with Gasteiger partial charge in [0.05, 0.1) is 47.2 Å². The highest BCUT2D eigenvalue weighted by Crippen LogP contribution is 2.66. The molecule has 0 N–H and O–H groups in total. The zero-order valence-electron chi connectivity index (χ0n) is 24.1. The number of nitrogens with zero attached hydrogens (tertiary/aromatic N) is 3. The lowest BCUT2D eigenvalue weighted by Crippen LogP contribution is -2.46. The molecule has 0 bridgehead atoms. The number of benzene rings is 2. The highest BCUT2D eigenvalue weighted by Gasteiger charge is 2.73. The van der Waals surface area contributed by atoms with Gasteiger partial charge >= 0.3 is 12.3 Å². The second kappa shape index (κ2) is 9.93. The van der Waals surface area contributed by atoms with Crippen molar-refractivity contribution in [3.8, 4) is 17.0 Å². The normalized spacial score (nSPS) is 25.8. The van der Waals surface area contributed by atoms with Crippen LogP contribution in [0.1, 0.15) is 71.7 Å². The molecule has 8 nitrogen and oxygen atoms in total. The van der Waals surface area contributed by atoms with Gasteiger partial charge in [-0.3, -0.25) is 0 Å². The highest BCUT2D eigenvalue weighted by atomic mass is 32.1. The number of carbonyl (C=O) groups excluding carboxylic acids is 1. The number of esters is 1. The SMILES string of the molecule is COC(=O)c1cc(C)c2nc(N3C4C[C@@H](OCc5c(-c6ccccc6OC(F)(F)F)noc5C5CC5)C[C@@H]5CC[C@@]453)sc2c1. The highest BCUT2D eigenvalue weighted by molar-refractivity contribution is 7.22. The minimum absolute atomic E-state index is 0.0121. The van der Waals surface area contributed by atoms with Gasteiger partial charge in [-0.05, 0) is 81.2 Å². The number of carbonyl (C=O) groups is 1. The molecule has 2 aromatic carbocycles. The number of hydrogen-bond donors (Lipinski definition) is 0. The second-order valence-electron chi connectivity index (χ2n) is 12.3. The van der Waals surface area contributed by atoms with Crippen LogP contribution in [0.25, 0.3) is 21.5 Å². The monoisotopic (exact) mass is 625 g/mol. The third-order valence-electron chi connectivity index (χ3n) is 9.80. The first kappa shape index (κ1) is 27.9. The van der Waals surface area contributed by atoms with Crippen molar-refractivity contribution < 1.29 is 36.7 Å². The number of para-hydroxylation sites is 1. The van der Waals surface area contributed by atoms with E-state index >= 15 is 0 Å². The number of aryl methyl sites for hydroxylation is 1. The van der Waals surface area contributed by atoms with E-state index in [9.17, 15) is 18.0 Å². The number of rotatable bonds is 8. The minimum atomic E-state index is -4.82. The van der Waals surface area contributed by atoms with Crippen molar-refractivity contribution >= 4 is 32.7 Å². The quantitative estimate of drug-likeness (QED) is 0.147. The molecule has 1 unspecified atom stereocenters. The summed E-state index contributed by atoms with van der Waals surface area (Å²) < 4.78 is 62.0. The largest absolute Gasteiger partial charge is 0.573 e. The van der Waals surface area contributed by atoms with E-state index in [1.165, 1.54) is 19.2 Å². The van der Waals surface area contributed by atoms with Crippen molar-refractivity contribution in [2.24, 2.45) is 5.92 Å². The Morgan fingerprint density at radius 3 is 2.73 bits per heavy atom. The summed E-state index contributed by atoms with van der Waals surface area (Å²) in [5.41, 5.74) is 3.76. The first-order valence-corrected chi connectivity index (χ1v) is 15.7. The Bertz CT molecular complexity index is 1780. The molecule has 2 aromatic heterocycles. The van der Waals surface area contributed by atoms with Crippen LogP contribution in [-0.4, -0.2) is 47.3 Å². The van der Waals surface area contributed by atoms with E-state index in [1.807, 2.05) is 19.1 Å². The summed E-state index contributed by atoms with van der Waals surface area (Å²) in [5.74, 6) is 0.709. The fraction of sp³-hybridized carbons (Fsp3) is 0.469. The van der Waals surface area contributed by atoms with Gasteiger partial charge in [-0.2, -0.15) is 0 Å². The summed E-state index contributed by atoms with van der Waals surface area (Å²) in [6.45, 7) is 2.17. The molecule has 4 fully saturated rings. The molecule has 0 amide bonds. The average molecular weight is 626 g/mol. The molecule has 1 saturated heterocycles. The van der Waals surface area contributed by atoms with Crippen molar-refractivity contribution in [1.82, 2.24) is 10.1 Å². The number of methoxy groups -OCH3 is 1. The Balaban J connectivity index is 1.03. The van der Waals surface area contributed by atoms with E-state index < -0.39 is 6.36 Å². The van der Waals surface area contributed by atoms with Gasteiger partial charge < -0.3 is 23.6 Å². The summed E-state index contributed by atoms with van der Waals surface area (Å²) in [6.07, 6.45) is 1.07. The smallest absolute Gasteiger partial charge is 0.465 e. The number of halogens is 3. The van der Waals surface area contributed by atoms with Crippen molar-refractivity contribution in [2.75, 3.05) is 12.0 Å². The molecule has 4 aliphatic rings. The number of fused-ring (bicyclic) bond motifs is 1. The third-order valence-corrected chi connectivity index (χ3v) is 10.8. The Labute approximate surface area is 255 Å². The van der Waals surface area contributed by atoms with E-state index in [0.29, 0.717) is 34.5 Å². The maximum Gasteiger partial charge on any atom is 0.573 e. The van der Waals surface area contributed by atoms with E-state index in [-0.39, 0.29) is 41.4 Å². The van der Waals surface area contributed by atoms with Crippen LogP contribution in [0.2, 0.25) is 0 Å². The molecule has 4 atom stereocenters. The Hall–Kier alpha value is -3.64. The van der Waals surface area contributed by atoms with Crippen LogP contribution >= 0.6 is 11.3 Å². The van der Waals surface area contributed by atoms with Gasteiger partial charge in [0.15, 0.2) is 5.13 Å². The van der Waals surface area contributed by atoms with E-state index in [2.05, 4.69) is 14.8 Å². The number of thiazole rings is 1.